The molecule has 0 aliphatic heterocycles. The normalized spacial score (nSPS) is 23.5. The van der Waals surface area contributed by atoms with E-state index in [1.807, 2.05) is 13.8 Å². The lowest BCUT2D eigenvalue weighted by atomic mass is 9.49. The molecule has 35 heavy (non-hydrogen) atoms. The summed E-state index contributed by atoms with van der Waals surface area (Å²) in [7, 11) is 0. The van der Waals surface area contributed by atoms with Crippen molar-refractivity contribution in [1.82, 2.24) is 0 Å². The summed E-state index contributed by atoms with van der Waals surface area (Å²) < 4.78 is 0. The largest absolute Gasteiger partial charge is 0.230 e. The van der Waals surface area contributed by atoms with Crippen molar-refractivity contribution < 1.29 is 19.6 Å². The molecule has 0 atom stereocenters. The predicted molar refractivity (Wildman–Crippen MR) is 146 cm³/mol. The van der Waals surface area contributed by atoms with Crippen LogP contribution in [0.3, 0.4) is 0 Å². The third-order valence-electron chi connectivity index (χ3n) is 10.1. The molecule has 0 aromatic heterocycles. The third-order valence-corrected chi connectivity index (χ3v) is 10.1. The van der Waals surface area contributed by atoms with Gasteiger partial charge >= 0.3 is 0 Å². The molecule has 4 nitrogen and oxygen atoms in total. The molecule has 0 heterocycles. The first-order valence-electron chi connectivity index (χ1n) is 14.3. The van der Waals surface area contributed by atoms with Crippen molar-refractivity contribution in [1.29, 1.82) is 0 Å². The summed E-state index contributed by atoms with van der Waals surface area (Å²) in [5.74, 6) is -0.939. The van der Waals surface area contributed by atoms with Gasteiger partial charge < -0.3 is 0 Å². The molecule has 0 N–H and O–H groups in total. The van der Waals surface area contributed by atoms with E-state index in [9.17, 15) is 0 Å². The molecule has 0 aromatic carbocycles. The predicted octanol–water partition coefficient (Wildman–Crippen LogP) is 9.66. The first-order valence-corrected chi connectivity index (χ1v) is 14.3. The first-order chi connectivity index (χ1) is 15.6. The Labute approximate surface area is 218 Å². The topological polar surface area (TPSA) is 36.9 Å². The Balaban J connectivity index is 1.85. The van der Waals surface area contributed by atoms with E-state index in [-0.39, 0.29) is 33.9 Å². The second-order valence-corrected chi connectivity index (χ2v) is 16.3. The maximum Gasteiger partial charge on any atom is 0.228 e. The lowest BCUT2D eigenvalue weighted by molar-refractivity contribution is -0.520. The minimum Gasteiger partial charge on any atom is -0.230 e. The molecule has 0 saturated heterocycles. The number of hydrogen-bond acceptors (Lipinski definition) is 4. The molecule has 0 amide bonds. The summed E-state index contributed by atoms with van der Waals surface area (Å²) >= 11 is 0. The van der Waals surface area contributed by atoms with Crippen LogP contribution in [0.2, 0.25) is 0 Å². The van der Waals surface area contributed by atoms with Gasteiger partial charge in [0.15, 0.2) is 0 Å². The van der Waals surface area contributed by atoms with Crippen molar-refractivity contribution in [2.75, 3.05) is 0 Å². The summed E-state index contributed by atoms with van der Waals surface area (Å²) in [6.07, 6.45) is 8.84. The number of rotatable bonds is 6. The SMILES string of the molecule is CC(C)(OOC1CCC(C(C)(C)C)(C(C)(C)C)CC1)OOC1CCC(C(C)(C)C)(C(C)(C)C)CC1. The minimum atomic E-state index is -0.939. The standard InChI is InChI=1S/C31H60O4/c1-25(2,3)30(26(4,5)6)19-15-23(16-20-30)32-34-29(13,14)35-33-24-17-21-31(22-18-24,27(7,8)9)28(10,11)12/h23-24H,15-22H2,1-14H3. The quantitative estimate of drug-likeness (QED) is 0.208. The van der Waals surface area contributed by atoms with Crippen molar-refractivity contribution in [2.24, 2.45) is 32.5 Å². The minimum absolute atomic E-state index is 0.101. The van der Waals surface area contributed by atoms with Gasteiger partial charge in [-0.05, 0) is 97.7 Å². The zero-order valence-corrected chi connectivity index (χ0v) is 25.9. The van der Waals surface area contributed by atoms with E-state index < -0.39 is 5.79 Å². The van der Waals surface area contributed by atoms with Crippen molar-refractivity contribution >= 4 is 0 Å². The van der Waals surface area contributed by atoms with Crippen LogP contribution in [0.1, 0.15) is 148 Å². The van der Waals surface area contributed by atoms with Gasteiger partial charge in [0.25, 0.3) is 0 Å². The van der Waals surface area contributed by atoms with Gasteiger partial charge in [-0.15, -0.1) is 0 Å². The Bertz CT molecular complexity index is 575. The molecular weight excluding hydrogens is 436 g/mol. The van der Waals surface area contributed by atoms with Gasteiger partial charge in [-0.1, -0.05) is 83.1 Å². The molecule has 0 bridgehead atoms. The fourth-order valence-corrected chi connectivity index (χ4v) is 7.99. The fraction of sp³-hybridized carbons (Fsp3) is 1.00. The van der Waals surface area contributed by atoms with Crippen LogP contribution >= 0.6 is 0 Å². The lowest BCUT2D eigenvalue weighted by Gasteiger charge is -2.57. The van der Waals surface area contributed by atoms with Crippen LogP contribution in [0.5, 0.6) is 0 Å². The van der Waals surface area contributed by atoms with Crippen LogP contribution < -0.4 is 0 Å². The maximum absolute atomic E-state index is 5.92. The molecule has 0 aromatic rings. The summed E-state index contributed by atoms with van der Waals surface area (Å²) in [5, 5.41) is 0. The Morgan fingerprint density at radius 2 is 0.657 bits per heavy atom. The highest BCUT2D eigenvalue weighted by molar-refractivity contribution is 5.02. The average Bonchev–Trinajstić information content (AvgIpc) is 2.68. The van der Waals surface area contributed by atoms with Crippen LogP contribution in [0.4, 0.5) is 0 Å². The Kier molecular flexibility index (Phi) is 9.04. The van der Waals surface area contributed by atoms with Crippen molar-refractivity contribution in [2.45, 2.75) is 166 Å². The highest BCUT2D eigenvalue weighted by Gasteiger charge is 2.53. The second kappa shape index (κ2) is 10.2. The van der Waals surface area contributed by atoms with E-state index in [0.29, 0.717) is 10.8 Å². The highest BCUT2D eigenvalue weighted by atomic mass is 17.3. The van der Waals surface area contributed by atoms with Crippen LogP contribution in [-0.2, 0) is 19.6 Å². The van der Waals surface area contributed by atoms with Crippen LogP contribution in [0.15, 0.2) is 0 Å². The second-order valence-electron chi connectivity index (χ2n) is 16.3. The Morgan fingerprint density at radius 1 is 0.429 bits per heavy atom. The molecule has 2 aliphatic carbocycles. The zero-order valence-electron chi connectivity index (χ0n) is 25.9. The van der Waals surface area contributed by atoms with E-state index in [4.69, 9.17) is 19.6 Å². The fourth-order valence-electron chi connectivity index (χ4n) is 7.99. The van der Waals surface area contributed by atoms with Gasteiger partial charge in [-0.2, -0.15) is 9.78 Å². The highest BCUT2D eigenvalue weighted by Crippen LogP contribution is 2.61. The molecule has 4 heteroatoms. The van der Waals surface area contributed by atoms with Gasteiger partial charge in [0.05, 0.1) is 12.2 Å². The summed E-state index contributed by atoms with van der Waals surface area (Å²) in [5.41, 5.74) is 1.61. The van der Waals surface area contributed by atoms with Crippen LogP contribution in [0.25, 0.3) is 0 Å². The molecule has 208 valence electrons. The van der Waals surface area contributed by atoms with Crippen molar-refractivity contribution in [3.8, 4) is 0 Å². The Hall–Kier alpha value is -0.160. The molecule has 2 fully saturated rings. The summed E-state index contributed by atoms with van der Waals surface area (Å²) in [6.45, 7) is 32.5. The molecule has 2 saturated carbocycles. The molecular formula is C31H60O4. The smallest absolute Gasteiger partial charge is 0.228 e. The van der Waals surface area contributed by atoms with E-state index in [0.717, 1.165) is 51.4 Å². The molecule has 0 radical (unpaired) electrons. The molecule has 2 aliphatic rings. The van der Waals surface area contributed by atoms with E-state index in [1.54, 1.807) is 0 Å². The molecule has 0 spiro atoms. The molecule has 2 rings (SSSR count). The van der Waals surface area contributed by atoms with Gasteiger partial charge in [0.1, 0.15) is 0 Å². The Morgan fingerprint density at radius 3 is 0.857 bits per heavy atom. The van der Waals surface area contributed by atoms with E-state index in [1.165, 1.54) is 0 Å². The van der Waals surface area contributed by atoms with Gasteiger partial charge in [-0.3, -0.25) is 0 Å². The van der Waals surface area contributed by atoms with Gasteiger partial charge in [0.2, 0.25) is 5.79 Å². The van der Waals surface area contributed by atoms with Crippen molar-refractivity contribution in [3.05, 3.63) is 0 Å². The maximum atomic E-state index is 5.92. The van der Waals surface area contributed by atoms with Crippen LogP contribution in [0, 0.1) is 32.5 Å². The summed E-state index contributed by atoms with van der Waals surface area (Å²) in [6, 6.07) is 0. The molecule has 0 unspecified atom stereocenters. The van der Waals surface area contributed by atoms with Gasteiger partial charge in [-0.25, -0.2) is 9.78 Å². The first kappa shape index (κ1) is 31.1. The van der Waals surface area contributed by atoms with E-state index >= 15 is 0 Å². The lowest BCUT2D eigenvalue weighted by Crippen LogP contribution is -2.50. The van der Waals surface area contributed by atoms with Crippen LogP contribution in [-0.4, -0.2) is 18.0 Å². The third kappa shape index (κ3) is 6.65. The average molecular weight is 497 g/mol. The van der Waals surface area contributed by atoms with Gasteiger partial charge in [0, 0.05) is 0 Å². The summed E-state index contributed by atoms with van der Waals surface area (Å²) in [4.78, 5) is 23.5. The van der Waals surface area contributed by atoms with E-state index in [2.05, 4.69) is 83.1 Å². The number of hydrogen-bond donors (Lipinski definition) is 0. The monoisotopic (exact) mass is 496 g/mol. The zero-order chi connectivity index (χ0) is 27.1. The van der Waals surface area contributed by atoms with Crippen molar-refractivity contribution in [3.63, 3.8) is 0 Å².